The Kier molecular flexibility index (Phi) is 2.77. The summed E-state index contributed by atoms with van der Waals surface area (Å²) in [5.41, 5.74) is 0.656. The van der Waals surface area contributed by atoms with E-state index in [0.717, 1.165) is 29.8 Å². The molecule has 0 aliphatic heterocycles. The molecular weight excluding hydrogens is 196 g/mol. The first kappa shape index (κ1) is 9.59. The van der Waals surface area contributed by atoms with Crippen molar-refractivity contribution < 1.29 is 9.53 Å². The maximum absolute atomic E-state index is 10.8. The number of aldehydes is 1. The Hall–Kier alpha value is -0.960. The van der Waals surface area contributed by atoms with Crippen molar-refractivity contribution in [1.29, 1.82) is 0 Å². The first-order valence-corrected chi connectivity index (χ1v) is 5.86. The highest BCUT2D eigenvalue weighted by atomic mass is 32.2. The molecule has 0 aromatic heterocycles. The third-order valence-electron chi connectivity index (χ3n) is 2.17. The zero-order valence-electron chi connectivity index (χ0n) is 8.03. The first-order chi connectivity index (χ1) is 6.85. The number of benzene rings is 1. The Morgan fingerprint density at radius 2 is 2.29 bits per heavy atom. The molecule has 2 nitrogen and oxygen atoms in total. The lowest BCUT2D eigenvalue weighted by Crippen LogP contribution is -2.00. The van der Waals surface area contributed by atoms with Crippen molar-refractivity contribution in [3.8, 4) is 5.75 Å². The van der Waals surface area contributed by atoms with Gasteiger partial charge in [0.15, 0.2) is 6.29 Å². The third kappa shape index (κ3) is 1.93. The maximum atomic E-state index is 10.8. The third-order valence-corrected chi connectivity index (χ3v) is 2.93. The first-order valence-electron chi connectivity index (χ1n) is 4.64. The fourth-order valence-corrected chi connectivity index (χ4v) is 1.83. The van der Waals surface area contributed by atoms with Crippen molar-refractivity contribution in [3.05, 3.63) is 23.8 Å². The van der Waals surface area contributed by atoms with Gasteiger partial charge in [0.05, 0.1) is 11.7 Å². The van der Waals surface area contributed by atoms with Gasteiger partial charge >= 0.3 is 0 Å². The fraction of sp³-hybridized carbons (Fsp3) is 0.364. The standard InChI is InChI=1S/C11H12O2S/c1-14-10-4-2-3-8(7-12)11(10)13-9-5-6-9/h2-4,7,9H,5-6H2,1H3. The van der Waals surface area contributed by atoms with Crippen LogP contribution in [0.1, 0.15) is 23.2 Å². The molecule has 74 valence electrons. The van der Waals surface area contributed by atoms with E-state index in [2.05, 4.69) is 0 Å². The molecule has 0 bridgehead atoms. The van der Waals surface area contributed by atoms with Crippen LogP contribution in [0.15, 0.2) is 23.1 Å². The largest absolute Gasteiger partial charge is 0.489 e. The molecule has 0 N–H and O–H groups in total. The van der Waals surface area contributed by atoms with Gasteiger partial charge in [0.1, 0.15) is 5.75 Å². The molecule has 1 saturated carbocycles. The Morgan fingerprint density at radius 3 is 2.86 bits per heavy atom. The van der Waals surface area contributed by atoms with Gasteiger partial charge in [0.2, 0.25) is 0 Å². The van der Waals surface area contributed by atoms with Gasteiger partial charge in [-0.15, -0.1) is 11.8 Å². The van der Waals surface area contributed by atoms with Crippen molar-refractivity contribution in [2.24, 2.45) is 0 Å². The molecule has 0 atom stereocenters. The lowest BCUT2D eigenvalue weighted by molar-refractivity contribution is 0.111. The van der Waals surface area contributed by atoms with Crippen molar-refractivity contribution in [2.75, 3.05) is 6.26 Å². The van der Waals surface area contributed by atoms with Crippen molar-refractivity contribution >= 4 is 18.0 Å². The van der Waals surface area contributed by atoms with Gasteiger partial charge in [-0.25, -0.2) is 0 Å². The molecule has 0 unspecified atom stereocenters. The summed E-state index contributed by atoms with van der Waals surface area (Å²) >= 11 is 1.61. The minimum Gasteiger partial charge on any atom is -0.489 e. The summed E-state index contributed by atoms with van der Waals surface area (Å²) in [5.74, 6) is 0.762. The normalized spacial score (nSPS) is 15.2. The number of carbonyl (C=O) groups is 1. The SMILES string of the molecule is CSc1cccc(C=O)c1OC1CC1. The minimum atomic E-state index is 0.335. The maximum Gasteiger partial charge on any atom is 0.153 e. The number of thioether (sulfide) groups is 1. The van der Waals surface area contributed by atoms with Gasteiger partial charge in [-0.05, 0) is 31.2 Å². The molecule has 0 radical (unpaired) electrons. The minimum absolute atomic E-state index is 0.335. The van der Waals surface area contributed by atoms with E-state index in [9.17, 15) is 4.79 Å². The van der Waals surface area contributed by atoms with Crippen LogP contribution in [0.3, 0.4) is 0 Å². The van der Waals surface area contributed by atoms with Crippen molar-refractivity contribution in [1.82, 2.24) is 0 Å². The highest BCUT2D eigenvalue weighted by molar-refractivity contribution is 7.98. The van der Waals surface area contributed by atoms with Gasteiger partial charge in [0, 0.05) is 4.90 Å². The molecule has 1 aliphatic rings. The molecular formula is C11H12O2S. The Labute approximate surface area is 87.6 Å². The Morgan fingerprint density at radius 1 is 1.50 bits per heavy atom. The van der Waals surface area contributed by atoms with E-state index >= 15 is 0 Å². The summed E-state index contributed by atoms with van der Waals surface area (Å²) in [6.45, 7) is 0. The zero-order chi connectivity index (χ0) is 9.97. The van der Waals surface area contributed by atoms with Crippen molar-refractivity contribution in [2.45, 2.75) is 23.8 Å². The summed E-state index contributed by atoms with van der Waals surface area (Å²) in [7, 11) is 0. The Balaban J connectivity index is 2.33. The highest BCUT2D eigenvalue weighted by Crippen LogP contribution is 2.35. The molecule has 1 aliphatic carbocycles. The van der Waals surface area contributed by atoms with Gasteiger partial charge in [-0.2, -0.15) is 0 Å². The number of carbonyl (C=O) groups excluding carboxylic acids is 1. The average Bonchev–Trinajstić information content (AvgIpc) is 3.02. The zero-order valence-corrected chi connectivity index (χ0v) is 8.84. The van der Waals surface area contributed by atoms with Crippen LogP contribution in [-0.4, -0.2) is 18.6 Å². The Bertz CT molecular complexity index is 345. The molecule has 3 heteroatoms. The fourth-order valence-electron chi connectivity index (χ4n) is 1.27. The molecule has 1 fully saturated rings. The lowest BCUT2D eigenvalue weighted by Gasteiger charge is -2.10. The summed E-state index contributed by atoms with van der Waals surface area (Å²) in [5, 5.41) is 0. The quantitative estimate of drug-likeness (QED) is 0.562. The van der Waals surface area contributed by atoms with E-state index in [1.54, 1.807) is 17.8 Å². The number of rotatable bonds is 4. The van der Waals surface area contributed by atoms with Crippen LogP contribution in [-0.2, 0) is 0 Å². The van der Waals surface area contributed by atoms with Crippen LogP contribution in [0.4, 0.5) is 0 Å². The van der Waals surface area contributed by atoms with E-state index in [1.165, 1.54) is 0 Å². The van der Waals surface area contributed by atoms with Crippen LogP contribution in [0.5, 0.6) is 5.75 Å². The summed E-state index contributed by atoms with van der Waals surface area (Å²) < 4.78 is 5.72. The van der Waals surface area contributed by atoms with Crippen LogP contribution < -0.4 is 4.74 Å². The van der Waals surface area contributed by atoms with E-state index in [4.69, 9.17) is 4.74 Å². The second kappa shape index (κ2) is 4.05. The van der Waals surface area contributed by atoms with E-state index < -0.39 is 0 Å². The predicted octanol–water partition coefficient (Wildman–Crippen LogP) is 2.76. The highest BCUT2D eigenvalue weighted by Gasteiger charge is 2.25. The van der Waals surface area contributed by atoms with Crippen LogP contribution >= 0.6 is 11.8 Å². The van der Waals surface area contributed by atoms with Gasteiger partial charge in [0.25, 0.3) is 0 Å². The second-order valence-corrected chi connectivity index (χ2v) is 4.16. The summed E-state index contributed by atoms with van der Waals surface area (Å²) in [4.78, 5) is 11.9. The van der Waals surface area contributed by atoms with Gasteiger partial charge in [-0.1, -0.05) is 6.07 Å². The molecule has 0 spiro atoms. The van der Waals surface area contributed by atoms with E-state index in [0.29, 0.717) is 11.7 Å². The van der Waals surface area contributed by atoms with Gasteiger partial charge < -0.3 is 4.74 Å². The monoisotopic (exact) mass is 208 g/mol. The second-order valence-electron chi connectivity index (χ2n) is 3.31. The average molecular weight is 208 g/mol. The molecule has 0 amide bonds. The summed E-state index contributed by atoms with van der Waals surface area (Å²) in [6.07, 6.45) is 5.41. The number of ether oxygens (including phenoxy) is 1. The number of hydrogen-bond acceptors (Lipinski definition) is 3. The molecule has 0 heterocycles. The molecule has 1 aromatic carbocycles. The van der Waals surface area contributed by atoms with Crippen molar-refractivity contribution in [3.63, 3.8) is 0 Å². The topological polar surface area (TPSA) is 26.3 Å². The van der Waals surface area contributed by atoms with E-state index in [-0.39, 0.29) is 0 Å². The van der Waals surface area contributed by atoms with Crippen LogP contribution in [0.25, 0.3) is 0 Å². The predicted molar refractivity (Wildman–Crippen MR) is 57.3 cm³/mol. The summed E-state index contributed by atoms with van der Waals surface area (Å²) in [6, 6.07) is 5.66. The molecule has 14 heavy (non-hydrogen) atoms. The van der Waals surface area contributed by atoms with Crippen LogP contribution in [0, 0.1) is 0 Å². The number of hydrogen-bond donors (Lipinski definition) is 0. The molecule has 0 saturated heterocycles. The molecule has 1 aromatic rings. The number of para-hydroxylation sites is 1. The lowest BCUT2D eigenvalue weighted by atomic mass is 10.2. The van der Waals surface area contributed by atoms with Gasteiger partial charge in [-0.3, -0.25) is 4.79 Å². The smallest absolute Gasteiger partial charge is 0.153 e. The van der Waals surface area contributed by atoms with Crippen LogP contribution in [0.2, 0.25) is 0 Å². The van der Waals surface area contributed by atoms with E-state index in [1.807, 2.05) is 18.4 Å². The molecule has 2 rings (SSSR count).